The lowest BCUT2D eigenvalue weighted by molar-refractivity contribution is -0.259. The van der Waals surface area contributed by atoms with Gasteiger partial charge in [0.1, 0.15) is 0 Å². The van der Waals surface area contributed by atoms with Crippen molar-refractivity contribution in [2.24, 2.45) is 0 Å². The van der Waals surface area contributed by atoms with E-state index in [1.165, 1.54) is 96.3 Å². The Morgan fingerprint density at radius 3 is 1.32 bits per heavy atom. The maximum atomic E-state index is 9.83. The van der Waals surface area contributed by atoms with E-state index in [4.69, 9.17) is 0 Å². The molecule has 0 aromatic heterocycles. The Labute approximate surface area is 138 Å². The van der Waals surface area contributed by atoms with Crippen LogP contribution >= 0.6 is 0 Å². The lowest BCUT2D eigenvalue weighted by Gasteiger charge is -2.03. The monoisotopic (exact) mass is 314 g/mol. The molecule has 0 spiro atoms. The highest BCUT2D eigenvalue weighted by Crippen LogP contribution is 2.13. The van der Waals surface area contributed by atoms with E-state index < -0.39 is 0 Å². The minimum absolute atomic E-state index is 0.326. The minimum Gasteiger partial charge on any atom is -0.302 e. The lowest BCUT2D eigenvalue weighted by atomic mass is 10.0. The van der Waals surface area contributed by atoms with E-state index in [1.54, 1.807) is 0 Å². The van der Waals surface area contributed by atoms with Gasteiger partial charge in [-0.1, -0.05) is 103 Å². The van der Waals surface area contributed by atoms with Gasteiger partial charge in [0.25, 0.3) is 0 Å². The number of carbonyl (C=O) groups is 1. The second kappa shape index (κ2) is 20.4. The van der Waals surface area contributed by atoms with Crippen LogP contribution in [0.2, 0.25) is 0 Å². The number of rotatable bonds is 19. The molecule has 0 bridgehead atoms. The summed E-state index contributed by atoms with van der Waals surface area (Å²) in [6.45, 7) is 3.13. The molecule has 22 heavy (non-hydrogen) atoms. The van der Waals surface area contributed by atoms with Crippen LogP contribution in [0.5, 0.6) is 0 Å². The molecule has 0 aromatic carbocycles. The van der Waals surface area contributed by atoms with E-state index in [0.29, 0.717) is 13.1 Å². The predicted octanol–water partition coefficient (Wildman–Crippen LogP) is 6.35. The largest absolute Gasteiger partial charge is 0.330 e. The van der Waals surface area contributed by atoms with Gasteiger partial charge in [-0.05, 0) is 6.42 Å². The van der Waals surface area contributed by atoms with Crippen LogP contribution in [0.25, 0.3) is 0 Å². The highest BCUT2D eigenvalue weighted by Gasteiger charge is 1.95. The summed E-state index contributed by atoms with van der Waals surface area (Å²) in [6, 6.07) is 0. The third-order valence-electron chi connectivity index (χ3n) is 4.19. The molecule has 0 amide bonds. The Morgan fingerprint density at radius 1 is 0.591 bits per heavy atom. The molecule has 0 radical (unpaired) electrons. The Balaban J connectivity index is 2.92. The van der Waals surface area contributed by atoms with Crippen molar-refractivity contribution >= 4 is 6.47 Å². The normalized spacial score (nSPS) is 10.8. The van der Waals surface area contributed by atoms with Crippen LogP contribution in [0, 0.1) is 0 Å². The first-order valence-corrected chi connectivity index (χ1v) is 9.63. The molecular weight excluding hydrogens is 276 g/mol. The Kier molecular flexibility index (Phi) is 19.9. The van der Waals surface area contributed by atoms with Crippen molar-refractivity contribution in [3.8, 4) is 0 Å². The molecular formula is C19H38O3. The maximum absolute atomic E-state index is 9.83. The van der Waals surface area contributed by atoms with Gasteiger partial charge >= 0.3 is 6.47 Å². The van der Waals surface area contributed by atoms with Crippen molar-refractivity contribution in [2.45, 2.75) is 110 Å². The van der Waals surface area contributed by atoms with Gasteiger partial charge in [0.15, 0.2) is 0 Å². The summed E-state index contributed by atoms with van der Waals surface area (Å²) in [5.74, 6) is 0. The van der Waals surface area contributed by atoms with Gasteiger partial charge in [0.05, 0.1) is 6.61 Å². The highest BCUT2D eigenvalue weighted by molar-refractivity contribution is 5.35. The quantitative estimate of drug-likeness (QED) is 0.120. The van der Waals surface area contributed by atoms with Crippen LogP contribution in [-0.4, -0.2) is 13.1 Å². The second-order valence-corrected chi connectivity index (χ2v) is 6.32. The first kappa shape index (κ1) is 21.4. The highest BCUT2D eigenvalue weighted by atomic mass is 17.2. The summed E-state index contributed by atoms with van der Waals surface area (Å²) >= 11 is 0. The van der Waals surface area contributed by atoms with Gasteiger partial charge in [-0.2, -0.15) is 4.89 Å². The molecule has 0 atom stereocenters. The molecule has 0 aliphatic carbocycles. The molecule has 0 saturated carbocycles. The first-order valence-electron chi connectivity index (χ1n) is 9.63. The summed E-state index contributed by atoms with van der Waals surface area (Å²) in [7, 11) is 0. The van der Waals surface area contributed by atoms with Gasteiger partial charge < -0.3 is 4.89 Å². The van der Waals surface area contributed by atoms with Crippen LogP contribution in [-0.2, 0) is 14.6 Å². The summed E-state index contributed by atoms with van der Waals surface area (Å²) in [6.07, 6.45) is 21.7. The van der Waals surface area contributed by atoms with Gasteiger partial charge in [0, 0.05) is 0 Å². The Morgan fingerprint density at radius 2 is 0.955 bits per heavy atom. The molecule has 0 saturated heterocycles. The van der Waals surface area contributed by atoms with E-state index in [-0.39, 0.29) is 0 Å². The topological polar surface area (TPSA) is 35.5 Å². The van der Waals surface area contributed by atoms with E-state index >= 15 is 0 Å². The molecule has 0 rings (SSSR count). The van der Waals surface area contributed by atoms with Gasteiger partial charge in [-0.15, -0.1) is 0 Å². The van der Waals surface area contributed by atoms with Crippen LogP contribution < -0.4 is 0 Å². The Hall–Kier alpha value is -0.570. The zero-order valence-electron chi connectivity index (χ0n) is 14.8. The Bertz CT molecular complexity index is 207. The molecule has 0 aliphatic heterocycles. The van der Waals surface area contributed by atoms with Crippen LogP contribution in [0.15, 0.2) is 0 Å². The third kappa shape index (κ3) is 19.4. The van der Waals surface area contributed by atoms with Crippen molar-refractivity contribution in [3.05, 3.63) is 0 Å². The van der Waals surface area contributed by atoms with Crippen molar-refractivity contribution in [1.82, 2.24) is 0 Å². The first-order chi connectivity index (χ1) is 10.9. The predicted molar refractivity (Wildman–Crippen MR) is 92.6 cm³/mol. The molecule has 0 unspecified atom stereocenters. The fourth-order valence-corrected chi connectivity index (χ4v) is 2.78. The number of hydrogen-bond acceptors (Lipinski definition) is 3. The maximum Gasteiger partial charge on any atom is 0.330 e. The van der Waals surface area contributed by atoms with E-state index in [9.17, 15) is 4.79 Å². The smallest absolute Gasteiger partial charge is 0.302 e. The fourth-order valence-electron chi connectivity index (χ4n) is 2.78. The lowest BCUT2D eigenvalue weighted by Crippen LogP contribution is -1.94. The van der Waals surface area contributed by atoms with Crippen LogP contribution in [0.1, 0.15) is 110 Å². The average Bonchev–Trinajstić information content (AvgIpc) is 2.54. The van der Waals surface area contributed by atoms with Gasteiger partial charge in [-0.3, -0.25) is 4.79 Å². The molecule has 132 valence electrons. The molecule has 0 aromatic rings. The molecule has 3 heteroatoms. The van der Waals surface area contributed by atoms with Crippen molar-refractivity contribution in [3.63, 3.8) is 0 Å². The molecule has 0 aliphatic rings. The molecule has 0 fully saturated rings. The summed E-state index contributed by atoms with van der Waals surface area (Å²) < 4.78 is 0. The summed E-state index contributed by atoms with van der Waals surface area (Å²) in [4.78, 5) is 18.6. The zero-order valence-corrected chi connectivity index (χ0v) is 14.8. The number of carbonyl (C=O) groups excluding carboxylic acids is 1. The third-order valence-corrected chi connectivity index (χ3v) is 4.19. The molecule has 0 N–H and O–H groups in total. The fraction of sp³-hybridized carbons (Fsp3) is 0.947. The van der Waals surface area contributed by atoms with Crippen molar-refractivity contribution in [2.75, 3.05) is 6.61 Å². The second-order valence-electron chi connectivity index (χ2n) is 6.32. The summed E-state index contributed by atoms with van der Waals surface area (Å²) in [5.41, 5.74) is 0. The van der Waals surface area contributed by atoms with E-state index in [0.717, 1.165) is 6.42 Å². The SMILES string of the molecule is CCCCCCCCCCCCCCCCCCOOC=O. The number of unbranched alkanes of at least 4 members (excludes halogenated alkanes) is 15. The van der Waals surface area contributed by atoms with E-state index in [1.807, 2.05) is 0 Å². The number of hydrogen-bond donors (Lipinski definition) is 0. The van der Waals surface area contributed by atoms with Crippen LogP contribution in [0.4, 0.5) is 0 Å². The molecule has 0 heterocycles. The standard InChI is InChI=1S/C19H38O3/c1-2-3-4-5-6-7-8-9-10-11-12-13-14-15-16-17-18-21-22-19-20/h19H,2-18H2,1H3. The van der Waals surface area contributed by atoms with Crippen LogP contribution in [0.3, 0.4) is 0 Å². The summed E-state index contributed by atoms with van der Waals surface area (Å²) in [5, 5.41) is 0. The average molecular weight is 315 g/mol. The minimum atomic E-state index is 0.326. The van der Waals surface area contributed by atoms with Gasteiger partial charge in [0.2, 0.25) is 0 Å². The van der Waals surface area contributed by atoms with Crippen molar-refractivity contribution < 1.29 is 14.6 Å². The van der Waals surface area contributed by atoms with E-state index in [2.05, 4.69) is 16.7 Å². The van der Waals surface area contributed by atoms with Crippen molar-refractivity contribution in [1.29, 1.82) is 0 Å². The molecule has 3 nitrogen and oxygen atoms in total. The van der Waals surface area contributed by atoms with Gasteiger partial charge in [-0.25, -0.2) is 0 Å². The zero-order chi connectivity index (χ0) is 16.1.